The Morgan fingerprint density at radius 3 is 2.61 bits per heavy atom. The molecule has 0 spiro atoms. The number of hydrogen-bond donors (Lipinski definition) is 1. The average molecular weight is 376 g/mol. The largest absolute Gasteiger partial charge is 0.497 e. The van der Waals surface area contributed by atoms with Crippen LogP contribution in [0.15, 0.2) is 53.0 Å². The molecule has 2 rings (SSSR count). The fourth-order valence-electron chi connectivity index (χ4n) is 1.96. The van der Waals surface area contributed by atoms with E-state index >= 15 is 0 Å². The molecule has 0 unspecified atom stereocenters. The van der Waals surface area contributed by atoms with Crippen LogP contribution in [0.1, 0.15) is 12.5 Å². The highest BCUT2D eigenvalue weighted by Crippen LogP contribution is 2.24. The van der Waals surface area contributed by atoms with Crippen molar-refractivity contribution in [1.29, 1.82) is 0 Å². The van der Waals surface area contributed by atoms with E-state index in [0.717, 1.165) is 21.5 Å². The van der Waals surface area contributed by atoms with Gasteiger partial charge in [-0.1, -0.05) is 15.9 Å². The van der Waals surface area contributed by atoms with E-state index in [1.165, 1.54) is 6.08 Å². The summed E-state index contributed by atoms with van der Waals surface area (Å²) in [4.78, 5) is 12.0. The molecule has 0 saturated carbocycles. The Labute approximate surface area is 144 Å². The molecular weight excluding hydrogens is 358 g/mol. The normalized spacial score (nSPS) is 10.6. The Morgan fingerprint density at radius 2 is 1.96 bits per heavy atom. The molecule has 0 aliphatic rings. The molecule has 4 nitrogen and oxygen atoms in total. The van der Waals surface area contributed by atoms with Crippen molar-refractivity contribution in [2.45, 2.75) is 6.92 Å². The van der Waals surface area contributed by atoms with Gasteiger partial charge in [0.2, 0.25) is 5.91 Å². The number of carbonyl (C=O) groups is 1. The SMILES string of the molecule is CCOc1ccc(Br)cc1/C=C/C(=O)Nc1ccc(OC)cc1. The first-order valence-electron chi connectivity index (χ1n) is 7.18. The van der Waals surface area contributed by atoms with Gasteiger partial charge in [-0.2, -0.15) is 0 Å². The number of amides is 1. The van der Waals surface area contributed by atoms with Crippen molar-refractivity contribution in [3.63, 3.8) is 0 Å². The lowest BCUT2D eigenvalue weighted by atomic mass is 10.2. The molecule has 0 aromatic heterocycles. The van der Waals surface area contributed by atoms with Crippen molar-refractivity contribution < 1.29 is 14.3 Å². The third-order valence-electron chi connectivity index (χ3n) is 3.04. The van der Waals surface area contributed by atoms with Gasteiger partial charge in [0.15, 0.2) is 0 Å². The summed E-state index contributed by atoms with van der Waals surface area (Å²) in [7, 11) is 1.60. The predicted octanol–water partition coefficient (Wildman–Crippen LogP) is 4.51. The third-order valence-corrected chi connectivity index (χ3v) is 3.54. The predicted molar refractivity (Wildman–Crippen MR) is 96.0 cm³/mol. The van der Waals surface area contributed by atoms with Gasteiger partial charge < -0.3 is 14.8 Å². The molecule has 0 atom stereocenters. The van der Waals surface area contributed by atoms with Crippen LogP contribution < -0.4 is 14.8 Å². The molecule has 2 aromatic rings. The smallest absolute Gasteiger partial charge is 0.248 e. The topological polar surface area (TPSA) is 47.6 Å². The van der Waals surface area contributed by atoms with E-state index in [1.807, 2.05) is 25.1 Å². The molecular formula is C18H18BrNO3. The summed E-state index contributed by atoms with van der Waals surface area (Å²) in [6.45, 7) is 2.49. The lowest BCUT2D eigenvalue weighted by Gasteiger charge is -2.07. The van der Waals surface area contributed by atoms with Gasteiger partial charge in [0.1, 0.15) is 11.5 Å². The summed E-state index contributed by atoms with van der Waals surface area (Å²) in [6.07, 6.45) is 3.21. The second-order valence-corrected chi connectivity index (χ2v) is 5.58. The van der Waals surface area contributed by atoms with Crippen LogP contribution in [0.2, 0.25) is 0 Å². The molecule has 1 amide bonds. The second-order valence-electron chi connectivity index (χ2n) is 4.67. The minimum atomic E-state index is -0.211. The highest BCUT2D eigenvalue weighted by Gasteiger charge is 2.03. The van der Waals surface area contributed by atoms with Gasteiger partial charge in [-0.3, -0.25) is 4.79 Å². The van der Waals surface area contributed by atoms with E-state index in [0.29, 0.717) is 12.3 Å². The highest BCUT2D eigenvalue weighted by atomic mass is 79.9. The zero-order chi connectivity index (χ0) is 16.7. The number of benzene rings is 2. The van der Waals surface area contributed by atoms with Gasteiger partial charge in [0, 0.05) is 21.8 Å². The Bertz CT molecular complexity index is 696. The molecule has 0 aliphatic carbocycles. The van der Waals surface area contributed by atoms with E-state index in [9.17, 15) is 4.79 Å². The Kier molecular flexibility index (Phi) is 6.23. The third kappa shape index (κ3) is 5.14. The van der Waals surface area contributed by atoms with Gasteiger partial charge in [-0.15, -0.1) is 0 Å². The van der Waals surface area contributed by atoms with Crippen LogP contribution in [0.25, 0.3) is 6.08 Å². The molecule has 5 heteroatoms. The van der Waals surface area contributed by atoms with E-state index in [2.05, 4.69) is 21.2 Å². The second kappa shape index (κ2) is 8.39. The fourth-order valence-corrected chi connectivity index (χ4v) is 2.34. The van der Waals surface area contributed by atoms with Crippen LogP contribution in [0.3, 0.4) is 0 Å². The lowest BCUT2D eigenvalue weighted by molar-refractivity contribution is -0.111. The molecule has 0 heterocycles. The molecule has 1 N–H and O–H groups in total. The van der Waals surface area contributed by atoms with Crippen LogP contribution in [0.5, 0.6) is 11.5 Å². The number of hydrogen-bond acceptors (Lipinski definition) is 3. The summed E-state index contributed by atoms with van der Waals surface area (Å²) < 4.78 is 11.6. The molecule has 0 radical (unpaired) electrons. The summed E-state index contributed by atoms with van der Waals surface area (Å²) >= 11 is 3.42. The number of ether oxygens (including phenoxy) is 2. The zero-order valence-electron chi connectivity index (χ0n) is 13.0. The first-order chi connectivity index (χ1) is 11.1. The minimum Gasteiger partial charge on any atom is -0.497 e. The van der Waals surface area contributed by atoms with Gasteiger partial charge in [0.25, 0.3) is 0 Å². The van der Waals surface area contributed by atoms with Crippen molar-refractivity contribution in [2.75, 3.05) is 19.0 Å². The lowest BCUT2D eigenvalue weighted by Crippen LogP contribution is -2.07. The summed E-state index contributed by atoms with van der Waals surface area (Å²) in [5.74, 6) is 1.27. The molecule has 120 valence electrons. The molecule has 0 fully saturated rings. The molecule has 2 aromatic carbocycles. The standard InChI is InChI=1S/C18H18BrNO3/c1-3-23-17-10-5-14(19)12-13(17)4-11-18(21)20-15-6-8-16(22-2)9-7-15/h4-12H,3H2,1-2H3,(H,20,21)/b11-4+. The number of halogens is 1. The van der Waals surface area contributed by atoms with Gasteiger partial charge in [-0.05, 0) is 55.5 Å². The van der Waals surface area contributed by atoms with Crippen molar-refractivity contribution in [3.05, 3.63) is 58.6 Å². The molecule has 0 aliphatic heterocycles. The van der Waals surface area contributed by atoms with Crippen LogP contribution in [-0.4, -0.2) is 19.6 Å². The highest BCUT2D eigenvalue weighted by molar-refractivity contribution is 9.10. The molecule has 0 saturated heterocycles. The Balaban J connectivity index is 2.06. The Morgan fingerprint density at radius 1 is 1.22 bits per heavy atom. The summed E-state index contributed by atoms with van der Waals surface area (Å²) in [6, 6.07) is 12.8. The summed E-state index contributed by atoms with van der Waals surface area (Å²) in [5, 5.41) is 2.80. The molecule has 0 bridgehead atoms. The van der Waals surface area contributed by atoms with Gasteiger partial charge in [-0.25, -0.2) is 0 Å². The zero-order valence-corrected chi connectivity index (χ0v) is 14.6. The maximum Gasteiger partial charge on any atom is 0.248 e. The van der Waals surface area contributed by atoms with Crippen LogP contribution >= 0.6 is 15.9 Å². The number of carbonyl (C=O) groups excluding carboxylic acids is 1. The van der Waals surface area contributed by atoms with Crippen molar-refractivity contribution >= 4 is 33.6 Å². The Hall–Kier alpha value is -2.27. The number of anilines is 1. The number of rotatable bonds is 6. The average Bonchev–Trinajstić information content (AvgIpc) is 2.56. The minimum absolute atomic E-state index is 0.211. The van der Waals surface area contributed by atoms with Crippen LogP contribution in [0, 0.1) is 0 Å². The van der Waals surface area contributed by atoms with Crippen LogP contribution in [0.4, 0.5) is 5.69 Å². The van der Waals surface area contributed by atoms with Gasteiger partial charge in [0.05, 0.1) is 13.7 Å². The number of nitrogens with one attached hydrogen (secondary N) is 1. The van der Waals surface area contributed by atoms with Crippen molar-refractivity contribution in [3.8, 4) is 11.5 Å². The maximum absolute atomic E-state index is 12.0. The van der Waals surface area contributed by atoms with Crippen molar-refractivity contribution in [2.24, 2.45) is 0 Å². The number of methoxy groups -OCH3 is 1. The van der Waals surface area contributed by atoms with E-state index < -0.39 is 0 Å². The van der Waals surface area contributed by atoms with Crippen LogP contribution in [-0.2, 0) is 4.79 Å². The quantitative estimate of drug-likeness (QED) is 0.755. The fraction of sp³-hybridized carbons (Fsp3) is 0.167. The van der Waals surface area contributed by atoms with E-state index in [-0.39, 0.29) is 5.91 Å². The van der Waals surface area contributed by atoms with E-state index in [1.54, 1.807) is 37.5 Å². The maximum atomic E-state index is 12.0. The molecule has 23 heavy (non-hydrogen) atoms. The summed E-state index contributed by atoms with van der Waals surface area (Å²) in [5.41, 5.74) is 1.55. The monoisotopic (exact) mass is 375 g/mol. The van der Waals surface area contributed by atoms with E-state index in [4.69, 9.17) is 9.47 Å². The first-order valence-corrected chi connectivity index (χ1v) is 7.97. The van der Waals surface area contributed by atoms with Gasteiger partial charge >= 0.3 is 0 Å². The first kappa shape index (κ1) is 17.1. The van der Waals surface area contributed by atoms with Crippen molar-refractivity contribution in [1.82, 2.24) is 0 Å².